The quantitative estimate of drug-likeness (QED) is 0.554. The van der Waals surface area contributed by atoms with Crippen LogP contribution in [-0.2, 0) is 19.1 Å². The van der Waals surface area contributed by atoms with E-state index in [1.807, 2.05) is 16.4 Å². The predicted octanol–water partition coefficient (Wildman–Crippen LogP) is 0.616. The Labute approximate surface area is 112 Å². The first-order chi connectivity index (χ1) is 9.19. The smallest absolute Gasteiger partial charge is 0.396 e. The average Bonchev–Trinajstić information content (AvgIpc) is 3.11. The van der Waals surface area contributed by atoms with Crippen LogP contribution in [0.4, 0.5) is 0 Å². The summed E-state index contributed by atoms with van der Waals surface area (Å²) in [6.07, 6.45) is 4.57. The number of rotatable bonds is 1. The highest BCUT2D eigenvalue weighted by molar-refractivity contribution is 7.10. The molecule has 0 aliphatic carbocycles. The highest BCUT2D eigenvalue weighted by Gasteiger charge is 2.64. The lowest BCUT2D eigenvalue weighted by Crippen LogP contribution is -2.47. The molecule has 4 heterocycles. The van der Waals surface area contributed by atoms with Gasteiger partial charge in [-0.15, -0.1) is 11.3 Å². The third-order valence-electron chi connectivity index (χ3n) is 3.77. The zero-order valence-electron chi connectivity index (χ0n) is 9.87. The van der Waals surface area contributed by atoms with Crippen molar-refractivity contribution in [1.29, 1.82) is 0 Å². The first-order valence-corrected chi connectivity index (χ1v) is 6.90. The summed E-state index contributed by atoms with van der Waals surface area (Å²) in [6.45, 7) is 1.51. The Hall–Kier alpha value is -1.73. The number of ether oxygens (including phenoxy) is 2. The van der Waals surface area contributed by atoms with Gasteiger partial charge in [0.1, 0.15) is 5.01 Å². The largest absolute Gasteiger partial charge is 0.422 e. The van der Waals surface area contributed by atoms with Crippen molar-refractivity contribution >= 4 is 29.4 Å². The van der Waals surface area contributed by atoms with Gasteiger partial charge in [-0.05, 0) is 12.5 Å². The van der Waals surface area contributed by atoms with E-state index in [0.29, 0.717) is 0 Å². The highest BCUT2D eigenvalue weighted by atomic mass is 32.1. The minimum atomic E-state index is -1.30. The van der Waals surface area contributed by atoms with Crippen LogP contribution >= 0.6 is 11.3 Å². The van der Waals surface area contributed by atoms with Gasteiger partial charge in [-0.1, -0.05) is 0 Å². The number of carbonyl (C=O) groups is 2. The van der Waals surface area contributed by atoms with Crippen LogP contribution in [0.3, 0.4) is 0 Å². The van der Waals surface area contributed by atoms with E-state index in [9.17, 15) is 9.59 Å². The molecule has 98 valence electrons. The standard InChI is InChI=1S/C12H10N2O4S/c15-10-11(16)18-12(17-10)8(5-9-13-2-4-19-9)7-1-3-14(12)6-7/h2,4-5,7H,1,3,6H2/b8-5+. The fourth-order valence-electron chi connectivity index (χ4n) is 2.97. The molecule has 0 amide bonds. The molecule has 0 N–H and O–H groups in total. The lowest BCUT2D eigenvalue weighted by atomic mass is 9.96. The second kappa shape index (κ2) is 3.64. The van der Waals surface area contributed by atoms with Crippen molar-refractivity contribution in [3.63, 3.8) is 0 Å². The van der Waals surface area contributed by atoms with Gasteiger partial charge in [0, 0.05) is 36.2 Å². The van der Waals surface area contributed by atoms with E-state index in [2.05, 4.69) is 4.98 Å². The molecular formula is C12H10N2O4S. The zero-order valence-corrected chi connectivity index (χ0v) is 10.7. The van der Waals surface area contributed by atoms with Crippen LogP contribution in [0.5, 0.6) is 0 Å². The van der Waals surface area contributed by atoms with E-state index in [1.54, 1.807) is 6.20 Å². The van der Waals surface area contributed by atoms with Gasteiger partial charge < -0.3 is 9.47 Å². The molecule has 2 unspecified atom stereocenters. The number of thiazole rings is 1. The van der Waals surface area contributed by atoms with Crippen molar-refractivity contribution in [2.75, 3.05) is 13.1 Å². The van der Waals surface area contributed by atoms with Gasteiger partial charge in [-0.2, -0.15) is 0 Å². The van der Waals surface area contributed by atoms with E-state index < -0.39 is 17.8 Å². The van der Waals surface area contributed by atoms with E-state index >= 15 is 0 Å². The second-order valence-corrected chi connectivity index (χ2v) is 5.69. The van der Waals surface area contributed by atoms with Gasteiger partial charge in [-0.25, -0.2) is 19.5 Å². The molecule has 3 saturated heterocycles. The van der Waals surface area contributed by atoms with Crippen molar-refractivity contribution < 1.29 is 19.1 Å². The zero-order chi connectivity index (χ0) is 13.0. The molecule has 3 aliphatic heterocycles. The lowest BCUT2D eigenvalue weighted by molar-refractivity contribution is -0.215. The van der Waals surface area contributed by atoms with Crippen LogP contribution in [-0.4, -0.2) is 40.8 Å². The lowest BCUT2D eigenvalue weighted by Gasteiger charge is -2.33. The molecule has 4 rings (SSSR count). The van der Waals surface area contributed by atoms with Crippen LogP contribution in [0.25, 0.3) is 6.08 Å². The maximum absolute atomic E-state index is 11.4. The number of hydrogen-bond acceptors (Lipinski definition) is 7. The summed E-state index contributed by atoms with van der Waals surface area (Å²) in [5, 5.41) is 2.70. The topological polar surface area (TPSA) is 68.7 Å². The van der Waals surface area contributed by atoms with Gasteiger partial charge in [0.25, 0.3) is 0 Å². The van der Waals surface area contributed by atoms with E-state index in [-0.39, 0.29) is 5.92 Å². The second-order valence-electron chi connectivity index (χ2n) is 4.76. The molecule has 3 fully saturated rings. The van der Waals surface area contributed by atoms with E-state index in [0.717, 1.165) is 30.1 Å². The number of piperidine rings is 1. The molecule has 0 saturated carbocycles. The molecule has 1 aromatic rings. The first kappa shape index (κ1) is 11.1. The summed E-state index contributed by atoms with van der Waals surface area (Å²) >= 11 is 1.49. The number of esters is 2. The van der Waals surface area contributed by atoms with Crippen molar-refractivity contribution in [3.8, 4) is 0 Å². The van der Waals surface area contributed by atoms with Gasteiger partial charge in [-0.3, -0.25) is 0 Å². The first-order valence-electron chi connectivity index (χ1n) is 6.02. The Morgan fingerprint density at radius 2 is 2.21 bits per heavy atom. The van der Waals surface area contributed by atoms with Crippen LogP contribution in [0.2, 0.25) is 0 Å². The molecule has 1 spiro atoms. The van der Waals surface area contributed by atoms with Crippen LogP contribution in [0, 0.1) is 5.92 Å². The fourth-order valence-corrected chi connectivity index (χ4v) is 3.55. The van der Waals surface area contributed by atoms with E-state index in [1.165, 1.54) is 11.3 Å². The van der Waals surface area contributed by atoms with Gasteiger partial charge in [0.2, 0.25) is 0 Å². The Morgan fingerprint density at radius 1 is 1.42 bits per heavy atom. The Balaban J connectivity index is 1.80. The summed E-state index contributed by atoms with van der Waals surface area (Å²) in [5.74, 6) is -2.89. The van der Waals surface area contributed by atoms with Crippen LogP contribution in [0.1, 0.15) is 11.4 Å². The summed E-state index contributed by atoms with van der Waals surface area (Å²) < 4.78 is 10.5. The monoisotopic (exact) mass is 278 g/mol. The third-order valence-corrected chi connectivity index (χ3v) is 4.49. The molecule has 0 radical (unpaired) electrons. The SMILES string of the molecule is O=C1OC2(OC1=O)/C(=C/c1nccs1)C1CCN2C1. The predicted molar refractivity (Wildman–Crippen MR) is 64.7 cm³/mol. The third kappa shape index (κ3) is 1.42. The molecule has 7 heteroatoms. The molecule has 1 aromatic heterocycles. The minimum Gasteiger partial charge on any atom is -0.396 e. The Kier molecular flexibility index (Phi) is 2.13. The van der Waals surface area contributed by atoms with Crippen molar-refractivity contribution in [2.24, 2.45) is 5.92 Å². The number of hydrogen-bond donors (Lipinski definition) is 0. The summed E-state index contributed by atoms with van der Waals surface area (Å²) in [5.41, 5.74) is 0.827. The molecule has 0 aromatic carbocycles. The van der Waals surface area contributed by atoms with Gasteiger partial charge in [0.05, 0.1) is 0 Å². The van der Waals surface area contributed by atoms with Crippen LogP contribution in [0.15, 0.2) is 17.2 Å². The number of nitrogens with zero attached hydrogens (tertiary/aromatic N) is 2. The average molecular weight is 278 g/mol. The van der Waals surface area contributed by atoms with Crippen molar-refractivity contribution in [1.82, 2.24) is 9.88 Å². The Bertz CT molecular complexity index is 579. The van der Waals surface area contributed by atoms with Gasteiger partial charge >= 0.3 is 17.8 Å². The number of fused-ring (bicyclic) bond motifs is 3. The molecule has 2 bridgehead atoms. The molecule has 3 aliphatic rings. The molecule has 6 nitrogen and oxygen atoms in total. The number of aromatic nitrogens is 1. The molecule has 19 heavy (non-hydrogen) atoms. The highest BCUT2D eigenvalue weighted by Crippen LogP contribution is 2.49. The summed E-state index contributed by atoms with van der Waals surface area (Å²) in [6, 6.07) is 0. The molecular weight excluding hydrogens is 268 g/mol. The summed E-state index contributed by atoms with van der Waals surface area (Å²) in [4.78, 5) is 28.9. The van der Waals surface area contributed by atoms with Crippen molar-refractivity contribution in [2.45, 2.75) is 12.3 Å². The van der Waals surface area contributed by atoms with Gasteiger partial charge in [0.15, 0.2) is 0 Å². The molecule has 2 atom stereocenters. The number of carbonyl (C=O) groups excluding carboxylic acids is 2. The Morgan fingerprint density at radius 3 is 2.89 bits per heavy atom. The normalized spacial score (nSPS) is 33.2. The summed E-state index contributed by atoms with van der Waals surface area (Å²) in [7, 11) is 0. The van der Waals surface area contributed by atoms with Crippen molar-refractivity contribution in [3.05, 3.63) is 22.2 Å². The maximum Gasteiger partial charge on any atom is 0.422 e. The van der Waals surface area contributed by atoms with E-state index in [4.69, 9.17) is 9.47 Å². The fraction of sp³-hybridized carbons (Fsp3) is 0.417. The van der Waals surface area contributed by atoms with Crippen LogP contribution < -0.4 is 0 Å². The maximum atomic E-state index is 11.4. The minimum absolute atomic E-state index is 0.252.